The van der Waals surface area contributed by atoms with Crippen molar-refractivity contribution in [2.24, 2.45) is 5.73 Å². The minimum atomic E-state index is -4.61. The zero-order chi connectivity index (χ0) is 23.9. The molecule has 4 rings (SSSR count). The molecule has 3 unspecified atom stereocenters. The highest BCUT2D eigenvalue weighted by Gasteiger charge is 2.35. The standard InChI is InChI=1S/C20H23F3N10/c1-10-8-32(11(2)18(29-10)12(4-24)5-25)16-3-15(26)30-19(31-16)13-6-28-17-7-27-14(9-33(13)17)20(21,22)23/h3-7,9-11,18,24,29H,8,25H2,1-2H3,(H2,26,30,31)/b12-5+,24-4?. The van der Waals surface area contributed by atoms with Crippen LogP contribution in [0.3, 0.4) is 0 Å². The summed E-state index contributed by atoms with van der Waals surface area (Å²) in [4.78, 5) is 18.4. The Labute approximate surface area is 187 Å². The number of anilines is 2. The first-order valence-electron chi connectivity index (χ1n) is 10.1. The summed E-state index contributed by atoms with van der Waals surface area (Å²) in [6.07, 6.45) is 1.27. The fourth-order valence-electron chi connectivity index (χ4n) is 3.97. The second kappa shape index (κ2) is 8.31. The number of nitrogens with zero attached hydrogens (tertiary/aromatic N) is 6. The van der Waals surface area contributed by atoms with E-state index in [9.17, 15) is 13.2 Å². The number of nitrogens with one attached hydrogen (secondary N) is 2. The van der Waals surface area contributed by atoms with Gasteiger partial charge in [0, 0.05) is 48.9 Å². The Hall–Kier alpha value is -3.74. The van der Waals surface area contributed by atoms with Gasteiger partial charge >= 0.3 is 6.18 Å². The van der Waals surface area contributed by atoms with Gasteiger partial charge in [0.2, 0.25) is 0 Å². The van der Waals surface area contributed by atoms with E-state index in [-0.39, 0.29) is 41.1 Å². The molecule has 0 aliphatic carbocycles. The molecule has 6 N–H and O–H groups in total. The molecule has 0 bridgehead atoms. The van der Waals surface area contributed by atoms with Gasteiger partial charge in [0.15, 0.2) is 17.2 Å². The molecule has 1 saturated heterocycles. The molecule has 0 spiro atoms. The molecular weight excluding hydrogens is 437 g/mol. The summed E-state index contributed by atoms with van der Waals surface area (Å²) < 4.78 is 40.8. The highest BCUT2D eigenvalue weighted by molar-refractivity contribution is 5.78. The van der Waals surface area contributed by atoms with Crippen molar-refractivity contribution in [3.8, 4) is 11.5 Å². The number of hydrogen-bond donors (Lipinski definition) is 4. The van der Waals surface area contributed by atoms with Gasteiger partial charge in [0.05, 0.1) is 18.4 Å². The molecule has 0 aromatic carbocycles. The zero-order valence-electron chi connectivity index (χ0n) is 17.9. The minimum Gasteiger partial charge on any atom is -0.404 e. The molecule has 4 heterocycles. The van der Waals surface area contributed by atoms with Crippen LogP contribution >= 0.6 is 0 Å². The Bertz CT molecular complexity index is 1220. The fraction of sp³-hybridized carbons (Fsp3) is 0.350. The van der Waals surface area contributed by atoms with Gasteiger partial charge in [-0.2, -0.15) is 13.2 Å². The van der Waals surface area contributed by atoms with Crippen molar-refractivity contribution in [3.63, 3.8) is 0 Å². The van der Waals surface area contributed by atoms with E-state index in [1.165, 1.54) is 23.0 Å². The number of fused-ring (bicyclic) bond motifs is 1. The second-order valence-electron chi connectivity index (χ2n) is 7.87. The Morgan fingerprint density at radius 2 is 2.00 bits per heavy atom. The van der Waals surface area contributed by atoms with Crippen molar-refractivity contribution in [1.82, 2.24) is 29.7 Å². The lowest BCUT2D eigenvalue weighted by Gasteiger charge is -2.44. The van der Waals surface area contributed by atoms with E-state index in [0.717, 1.165) is 12.4 Å². The van der Waals surface area contributed by atoms with Crippen LogP contribution in [-0.4, -0.2) is 55.2 Å². The average molecular weight is 460 g/mol. The molecule has 0 amide bonds. The van der Waals surface area contributed by atoms with E-state index in [1.54, 1.807) is 6.07 Å². The molecule has 1 aliphatic heterocycles. The topological polar surface area (TPSA) is 147 Å². The van der Waals surface area contributed by atoms with Gasteiger partial charge in [-0.3, -0.25) is 4.40 Å². The van der Waals surface area contributed by atoms with Crippen LogP contribution in [0.1, 0.15) is 19.5 Å². The SMILES string of the molecule is CC1CN(c2cc(N)nc(-c3cnc4cnc(C(F)(F)F)cn34)n2)C(C)C(/C(C=N)=C/N)N1. The van der Waals surface area contributed by atoms with E-state index in [2.05, 4.69) is 25.3 Å². The number of aromatic nitrogens is 5. The second-order valence-corrected chi connectivity index (χ2v) is 7.87. The third-order valence-corrected chi connectivity index (χ3v) is 5.57. The maximum absolute atomic E-state index is 13.2. The van der Waals surface area contributed by atoms with E-state index < -0.39 is 11.9 Å². The number of halogens is 3. The number of nitrogens with two attached hydrogens (primary N) is 2. The molecule has 174 valence electrons. The molecule has 33 heavy (non-hydrogen) atoms. The largest absolute Gasteiger partial charge is 0.434 e. The van der Waals surface area contributed by atoms with Gasteiger partial charge in [-0.15, -0.1) is 0 Å². The van der Waals surface area contributed by atoms with Crippen LogP contribution < -0.4 is 21.7 Å². The number of rotatable bonds is 4. The summed E-state index contributed by atoms with van der Waals surface area (Å²) in [6, 6.07) is 1.27. The van der Waals surface area contributed by atoms with Crippen molar-refractivity contribution in [1.29, 1.82) is 5.41 Å². The first-order valence-corrected chi connectivity index (χ1v) is 10.1. The Balaban J connectivity index is 1.78. The van der Waals surface area contributed by atoms with Crippen LogP contribution in [0, 0.1) is 5.41 Å². The van der Waals surface area contributed by atoms with Crippen molar-refractivity contribution in [2.75, 3.05) is 17.2 Å². The molecule has 3 aromatic rings. The van der Waals surface area contributed by atoms with Gasteiger partial charge in [0.1, 0.15) is 17.3 Å². The first-order chi connectivity index (χ1) is 15.6. The zero-order valence-corrected chi connectivity index (χ0v) is 17.9. The van der Waals surface area contributed by atoms with E-state index >= 15 is 0 Å². The number of hydrogen-bond acceptors (Lipinski definition) is 9. The molecule has 0 saturated carbocycles. The molecule has 13 heteroatoms. The van der Waals surface area contributed by atoms with E-state index in [4.69, 9.17) is 16.9 Å². The van der Waals surface area contributed by atoms with Crippen LogP contribution in [0.5, 0.6) is 0 Å². The molecule has 3 aromatic heterocycles. The quantitative estimate of drug-likeness (QED) is 0.431. The number of alkyl halides is 3. The van der Waals surface area contributed by atoms with Crippen molar-refractivity contribution < 1.29 is 13.2 Å². The summed E-state index contributed by atoms with van der Waals surface area (Å²) in [6.45, 7) is 4.54. The van der Waals surface area contributed by atoms with Gasteiger partial charge in [-0.25, -0.2) is 19.9 Å². The van der Waals surface area contributed by atoms with Crippen molar-refractivity contribution >= 4 is 23.5 Å². The molecule has 1 fully saturated rings. The lowest BCUT2D eigenvalue weighted by atomic mass is 9.96. The van der Waals surface area contributed by atoms with Crippen LogP contribution in [0.4, 0.5) is 24.8 Å². The lowest BCUT2D eigenvalue weighted by Crippen LogP contribution is -2.61. The van der Waals surface area contributed by atoms with Gasteiger partial charge in [0.25, 0.3) is 0 Å². The third-order valence-electron chi connectivity index (χ3n) is 5.57. The fourth-order valence-corrected chi connectivity index (χ4v) is 3.97. The highest BCUT2D eigenvalue weighted by Crippen LogP contribution is 2.30. The van der Waals surface area contributed by atoms with E-state index in [1.807, 2.05) is 18.7 Å². The normalized spacial score (nSPS) is 22.0. The Kier molecular flexibility index (Phi) is 5.66. The molecular formula is C20H23F3N10. The number of imidazole rings is 1. The van der Waals surface area contributed by atoms with Crippen molar-refractivity contribution in [2.45, 2.75) is 38.1 Å². The highest BCUT2D eigenvalue weighted by atomic mass is 19.4. The summed E-state index contributed by atoms with van der Waals surface area (Å²) in [7, 11) is 0. The first kappa shape index (κ1) is 22.5. The van der Waals surface area contributed by atoms with Crippen LogP contribution in [0.2, 0.25) is 0 Å². The lowest BCUT2D eigenvalue weighted by molar-refractivity contribution is -0.141. The third kappa shape index (κ3) is 4.18. The van der Waals surface area contributed by atoms with Gasteiger partial charge in [-0.05, 0) is 13.8 Å². The van der Waals surface area contributed by atoms with Gasteiger partial charge < -0.3 is 27.1 Å². The summed E-state index contributed by atoms with van der Waals surface area (Å²) in [5.74, 6) is 0.796. The van der Waals surface area contributed by atoms with Gasteiger partial charge in [-0.1, -0.05) is 0 Å². The number of piperazine rings is 1. The maximum Gasteiger partial charge on any atom is 0.434 e. The monoisotopic (exact) mass is 460 g/mol. The molecule has 3 atom stereocenters. The predicted molar refractivity (Wildman–Crippen MR) is 118 cm³/mol. The minimum absolute atomic E-state index is 0.0388. The van der Waals surface area contributed by atoms with E-state index in [0.29, 0.717) is 17.9 Å². The smallest absolute Gasteiger partial charge is 0.404 e. The van der Waals surface area contributed by atoms with Crippen LogP contribution in [0.15, 0.2) is 36.4 Å². The summed E-state index contributed by atoms with van der Waals surface area (Å²) >= 11 is 0. The average Bonchev–Trinajstić information content (AvgIpc) is 3.19. The van der Waals surface area contributed by atoms with Crippen molar-refractivity contribution in [3.05, 3.63) is 42.1 Å². The predicted octanol–water partition coefficient (Wildman–Crippen LogP) is 1.83. The molecule has 10 nitrogen and oxygen atoms in total. The molecule has 0 radical (unpaired) electrons. The number of nitrogen functional groups attached to an aromatic ring is 1. The summed E-state index contributed by atoms with van der Waals surface area (Å²) in [5, 5.41) is 11.1. The maximum atomic E-state index is 13.2. The molecule has 1 aliphatic rings. The van der Waals surface area contributed by atoms with Crippen LogP contribution in [0.25, 0.3) is 17.2 Å². The van der Waals surface area contributed by atoms with Crippen LogP contribution in [-0.2, 0) is 6.18 Å². The Morgan fingerprint density at radius 3 is 2.67 bits per heavy atom. The summed E-state index contributed by atoms with van der Waals surface area (Å²) in [5.41, 5.74) is 11.8. The Morgan fingerprint density at radius 1 is 1.24 bits per heavy atom.